The number of amides is 2. The molecule has 0 aromatic carbocycles. The van der Waals surface area contributed by atoms with E-state index in [4.69, 9.17) is 0 Å². The summed E-state index contributed by atoms with van der Waals surface area (Å²) in [7, 11) is 0. The SMILES string of the molecule is CC(=O)CCC(=O)NCCNC(=O)CC(C)C. The van der Waals surface area contributed by atoms with Crippen LogP contribution in [0, 0.1) is 5.92 Å². The fourth-order valence-electron chi connectivity index (χ4n) is 1.22. The monoisotopic (exact) mass is 242 g/mol. The zero-order chi connectivity index (χ0) is 13.3. The highest BCUT2D eigenvalue weighted by Gasteiger charge is 2.05. The van der Waals surface area contributed by atoms with Gasteiger partial charge in [0.15, 0.2) is 0 Å². The molecule has 0 saturated carbocycles. The number of rotatable bonds is 8. The van der Waals surface area contributed by atoms with Gasteiger partial charge in [-0.15, -0.1) is 0 Å². The van der Waals surface area contributed by atoms with E-state index in [2.05, 4.69) is 10.6 Å². The third-order valence-corrected chi connectivity index (χ3v) is 2.07. The minimum Gasteiger partial charge on any atom is -0.354 e. The molecule has 0 rings (SSSR count). The predicted octanol–water partition coefficient (Wildman–Crippen LogP) is 0.634. The fraction of sp³-hybridized carbons (Fsp3) is 0.750. The van der Waals surface area contributed by atoms with Crippen molar-refractivity contribution in [2.45, 2.75) is 40.0 Å². The summed E-state index contributed by atoms with van der Waals surface area (Å²) in [5.74, 6) is 0.182. The Hall–Kier alpha value is -1.39. The Morgan fingerprint density at radius 2 is 1.47 bits per heavy atom. The van der Waals surface area contributed by atoms with Gasteiger partial charge < -0.3 is 15.4 Å². The van der Waals surface area contributed by atoms with Crippen LogP contribution < -0.4 is 10.6 Å². The number of carbonyl (C=O) groups is 3. The van der Waals surface area contributed by atoms with Crippen LogP contribution in [-0.4, -0.2) is 30.7 Å². The van der Waals surface area contributed by atoms with E-state index in [-0.39, 0.29) is 30.4 Å². The van der Waals surface area contributed by atoms with Gasteiger partial charge in [0, 0.05) is 32.4 Å². The van der Waals surface area contributed by atoms with Crippen molar-refractivity contribution < 1.29 is 14.4 Å². The van der Waals surface area contributed by atoms with E-state index in [1.165, 1.54) is 6.92 Å². The van der Waals surface area contributed by atoms with Crippen molar-refractivity contribution in [2.75, 3.05) is 13.1 Å². The first-order valence-corrected chi connectivity index (χ1v) is 5.94. The first-order valence-electron chi connectivity index (χ1n) is 5.94. The van der Waals surface area contributed by atoms with Crippen LogP contribution in [0.3, 0.4) is 0 Å². The molecule has 0 fully saturated rings. The molecule has 0 saturated heterocycles. The van der Waals surface area contributed by atoms with Gasteiger partial charge in [0.1, 0.15) is 5.78 Å². The lowest BCUT2D eigenvalue weighted by Gasteiger charge is -2.08. The summed E-state index contributed by atoms with van der Waals surface area (Å²) in [6.07, 6.45) is 0.985. The van der Waals surface area contributed by atoms with Crippen molar-refractivity contribution in [3.8, 4) is 0 Å². The van der Waals surface area contributed by atoms with E-state index >= 15 is 0 Å². The third-order valence-electron chi connectivity index (χ3n) is 2.07. The minimum absolute atomic E-state index is 0.00187. The van der Waals surface area contributed by atoms with E-state index in [0.29, 0.717) is 25.4 Å². The Morgan fingerprint density at radius 3 is 1.94 bits per heavy atom. The Labute approximate surface area is 102 Å². The van der Waals surface area contributed by atoms with Crippen molar-refractivity contribution in [1.82, 2.24) is 10.6 Å². The Morgan fingerprint density at radius 1 is 0.941 bits per heavy atom. The third kappa shape index (κ3) is 10.9. The molecule has 0 heterocycles. The van der Waals surface area contributed by atoms with Crippen molar-refractivity contribution in [2.24, 2.45) is 5.92 Å². The topological polar surface area (TPSA) is 75.3 Å². The molecule has 5 nitrogen and oxygen atoms in total. The number of carbonyl (C=O) groups excluding carboxylic acids is 3. The molecule has 0 aliphatic heterocycles. The molecule has 5 heteroatoms. The molecule has 0 aliphatic carbocycles. The van der Waals surface area contributed by atoms with Gasteiger partial charge in [-0.25, -0.2) is 0 Å². The highest BCUT2D eigenvalue weighted by Crippen LogP contribution is 1.97. The van der Waals surface area contributed by atoms with Crippen LogP contribution in [0.5, 0.6) is 0 Å². The maximum Gasteiger partial charge on any atom is 0.220 e. The van der Waals surface area contributed by atoms with Gasteiger partial charge >= 0.3 is 0 Å². The maximum atomic E-state index is 11.2. The van der Waals surface area contributed by atoms with E-state index in [0.717, 1.165) is 0 Å². The molecule has 2 amide bonds. The van der Waals surface area contributed by atoms with Crippen molar-refractivity contribution in [3.63, 3.8) is 0 Å². The molecule has 0 bridgehead atoms. The average Bonchev–Trinajstić information content (AvgIpc) is 2.20. The second-order valence-electron chi connectivity index (χ2n) is 4.50. The van der Waals surface area contributed by atoms with Crippen LogP contribution >= 0.6 is 0 Å². The highest BCUT2D eigenvalue weighted by molar-refractivity contribution is 5.83. The maximum absolute atomic E-state index is 11.2. The van der Waals surface area contributed by atoms with Crippen LogP contribution in [-0.2, 0) is 14.4 Å². The largest absolute Gasteiger partial charge is 0.354 e. The highest BCUT2D eigenvalue weighted by atomic mass is 16.2. The van der Waals surface area contributed by atoms with E-state index in [9.17, 15) is 14.4 Å². The lowest BCUT2D eigenvalue weighted by molar-refractivity contribution is -0.125. The summed E-state index contributed by atoms with van der Waals surface area (Å²) in [5, 5.41) is 5.35. The molecule has 0 spiro atoms. The Bertz CT molecular complexity index is 275. The van der Waals surface area contributed by atoms with Gasteiger partial charge in [-0.3, -0.25) is 9.59 Å². The van der Waals surface area contributed by atoms with Gasteiger partial charge in [-0.2, -0.15) is 0 Å². The van der Waals surface area contributed by atoms with E-state index in [1.54, 1.807) is 0 Å². The molecule has 0 aromatic rings. The van der Waals surface area contributed by atoms with Crippen molar-refractivity contribution in [3.05, 3.63) is 0 Å². The molecule has 98 valence electrons. The number of nitrogens with one attached hydrogen (secondary N) is 2. The molecule has 17 heavy (non-hydrogen) atoms. The van der Waals surface area contributed by atoms with Gasteiger partial charge in [0.25, 0.3) is 0 Å². The van der Waals surface area contributed by atoms with Crippen LogP contribution in [0.25, 0.3) is 0 Å². The summed E-state index contributed by atoms with van der Waals surface area (Å²) >= 11 is 0. The second-order valence-corrected chi connectivity index (χ2v) is 4.50. The number of hydrogen-bond acceptors (Lipinski definition) is 3. The summed E-state index contributed by atoms with van der Waals surface area (Å²) in [5.41, 5.74) is 0. The first-order chi connectivity index (χ1) is 7.91. The van der Waals surface area contributed by atoms with Crippen molar-refractivity contribution >= 4 is 17.6 Å². The van der Waals surface area contributed by atoms with Gasteiger partial charge in [0.05, 0.1) is 0 Å². The molecule has 2 N–H and O–H groups in total. The molecule has 0 aliphatic rings. The Kier molecular flexibility index (Phi) is 8.01. The first kappa shape index (κ1) is 15.6. The van der Waals surface area contributed by atoms with Crippen LogP contribution in [0.2, 0.25) is 0 Å². The number of Topliss-reactive ketones (excluding diaryl/α,β-unsaturated/α-hetero) is 1. The van der Waals surface area contributed by atoms with Gasteiger partial charge in [0.2, 0.25) is 11.8 Å². The minimum atomic E-state index is -0.154. The lowest BCUT2D eigenvalue weighted by Crippen LogP contribution is -2.35. The summed E-state index contributed by atoms with van der Waals surface area (Å²) < 4.78 is 0. The van der Waals surface area contributed by atoms with E-state index < -0.39 is 0 Å². The molecule has 0 radical (unpaired) electrons. The zero-order valence-electron chi connectivity index (χ0n) is 10.8. The van der Waals surface area contributed by atoms with Crippen LogP contribution in [0.1, 0.15) is 40.0 Å². The zero-order valence-corrected chi connectivity index (χ0v) is 10.8. The molecule has 0 aromatic heterocycles. The lowest BCUT2D eigenvalue weighted by atomic mass is 10.1. The molecule has 0 atom stereocenters. The Balaban J connectivity index is 3.47. The van der Waals surface area contributed by atoms with Crippen LogP contribution in [0.4, 0.5) is 0 Å². The summed E-state index contributed by atoms with van der Waals surface area (Å²) in [6.45, 7) is 6.24. The molecular weight excluding hydrogens is 220 g/mol. The second kappa shape index (κ2) is 8.73. The normalized spacial score (nSPS) is 10.1. The average molecular weight is 242 g/mol. The van der Waals surface area contributed by atoms with Gasteiger partial charge in [-0.05, 0) is 12.8 Å². The predicted molar refractivity (Wildman–Crippen MR) is 65.4 cm³/mol. The van der Waals surface area contributed by atoms with E-state index in [1.807, 2.05) is 13.8 Å². The number of ketones is 1. The summed E-state index contributed by atoms with van der Waals surface area (Å²) in [4.78, 5) is 33.1. The standard InChI is InChI=1S/C12H22N2O3/c1-9(2)8-12(17)14-7-6-13-11(16)5-4-10(3)15/h9H,4-8H2,1-3H3,(H,13,16)(H,14,17). The number of hydrogen-bond donors (Lipinski definition) is 2. The fourth-order valence-corrected chi connectivity index (χ4v) is 1.22. The summed E-state index contributed by atoms with van der Waals surface area (Å²) in [6, 6.07) is 0. The smallest absolute Gasteiger partial charge is 0.220 e. The van der Waals surface area contributed by atoms with Crippen molar-refractivity contribution in [1.29, 1.82) is 0 Å². The molecular formula is C12H22N2O3. The van der Waals surface area contributed by atoms with Gasteiger partial charge in [-0.1, -0.05) is 13.8 Å². The van der Waals surface area contributed by atoms with Crippen LogP contribution in [0.15, 0.2) is 0 Å². The quantitative estimate of drug-likeness (QED) is 0.613. The molecule has 0 unspecified atom stereocenters.